The number of piperidine rings is 1. The van der Waals surface area contributed by atoms with E-state index in [0.29, 0.717) is 6.04 Å². The minimum atomic E-state index is 0.390. The third-order valence-corrected chi connectivity index (χ3v) is 2.36. The van der Waals surface area contributed by atoms with Crippen LogP contribution in [0.1, 0.15) is 31.0 Å². The summed E-state index contributed by atoms with van der Waals surface area (Å²) in [5.41, 5.74) is 7.56. The Balaban J connectivity index is 2.13. The zero-order valence-corrected chi connectivity index (χ0v) is 7.01. The van der Waals surface area contributed by atoms with Crippen molar-refractivity contribution in [3.63, 3.8) is 0 Å². The van der Waals surface area contributed by atoms with E-state index in [1.807, 2.05) is 0 Å². The molecular formula is C8H14N4. The Labute approximate surface area is 71.5 Å². The lowest BCUT2D eigenvalue weighted by Gasteiger charge is -2.22. The molecule has 66 valence electrons. The van der Waals surface area contributed by atoms with Gasteiger partial charge in [0, 0.05) is 0 Å². The van der Waals surface area contributed by atoms with Crippen LogP contribution in [0.2, 0.25) is 0 Å². The summed E-state index contributed by atoms with van der Waals surface area (Å²) >= 11 is 0. The highest BCUT2D eigenvalue weighted by Crippen LogP contribution is 2.24. The summed E-state index contributed by atoms with van der Waals surface area (Å²) in [5.74, 6) is 0. The predicted octanol–water partition coefficient (Wildman–Crippen LogP) is 0.806. The highest BCUT2D eigenvalue weighted by atomic mass is 15.1. The quantitative estimate of drug-likeness (QED) is 0.578. The molecule has 12 heavy (non-hydrogen) atoms. The van der Waals surface area contributed by atoms with Gasteiger partial charge in [-0.2, -0.15) is 5.10 Å². The van der Waals surface area contributed by atoms with Gasteiger partial charge in [0.2, 0.25) is 0 Å². The van der Waals surface area contributed by atoms with Crippen molar-refractivity contribution in [2.45, 2.75) is 25.3 Å². The van der Waals surface area contributed by atoms with E-state index < -0.39 is 0 Å². The number of aromatic amines is 1. The van der Waals surface area contributed by atoms with Crippen molar-refractivity contribution in [3.05, 3.63) is 11.9 Å². The monoisotopic (exact) mass is 166 g/mol. The second kappa shape index (κ2) is 3.15. The number of hydrogen-bond acceptors (Lipinski definition) is 3. The highest BCUT2D eigenvalue weighted by Gasteiger charge is 2.17. The summed E-state index contributed by atoms with van der Waals surface area (Å²) in [5, 5.41) is 10.3. The first kappa shape index (κ1) is 7.61. The lowest BCUT2D eigenvalue weighted by Crippen LogP contribution is -2.27. The van der Waals surface area contributed by atoms with Crippen molar-refractivity contribution in [1.29, 1.82) is 0 Å². The van der Waals surface area contributed by atoms with Crippen LogP contribution in [0, 0.1) is 0 Å². The van der Waals surface area contributed by atoms with Crippen molar-refractivity contribution in [1.82, 2.24) is 15.5 Å². The predicted molar refractivity (Wildman–Crippen MR) is 47.6 cm³/mol. The van der Waals surface area contributed by atoms with Crippen LogP contribution in [-0.2, 0) is 0 Å². The SMILES string of the molecule is Nc1cn[nH]c1C1CCCCN1. The van der Waals surface area contributed by atoms with Crippen LogP contribution < -0.4 is 11.1 Å². The Kier molecular flexibility index (Phi) is 1.99. The third-order valence-electron chi connectivity index (χ3n) is 2.36. The Morgan fingerprint density at radius 2 is 2.42 bits per heavy atom. The molecule has 2 heterocycles. The Morgan fingerprint density at radius 1 is 1.50 bits per heavy atom. The first-order valence-electron chi connectivity index (χ1n) is 4.40. The van der Waals surface area contributed by atoms with Crippen molar-refractivity contribution in [2.75, 3.05) is 12.3 Å². The maximum absolute atomic E-state index is 5.74. The Hall–Kier alpha value is -1.03. The van der Waals surface area contributed by atoms with Crippen LogP contribution in [0.3, 0.4) is 0 Å². The van der Waals surface area contributed by atoms with Gasteiger partial charge in [-0.3, -0.25) is 5.10 Å². The standard InChI is InChI=1S/C8H14N4/c9-6-5-11-12-8(6)7-3-1-2-4-10-7/h5,7,10H,1-4,9H2,(H,11,12). The van der Waals surface area contributed by atoms with Crippen LogP contribution in [0.5, 0.6) is 0 Å². The summed E-state index contributed by atoms with van der Waals surface area (Å²) < 4.78 is 0. The number of nitrogens with zero attached hydrogens (tertiary/aromatic N) is 1. The third kappa shape index (κ3) is 1.30. The molecule has 4 N–H and O–H groups in total. The molecule has 1 atom stereocenters. The fourth-order valence-corrected chi connectivity index (χ4v) is 1.68. The number of hydrogen-bond donors (Lipinski definition) is 3. The lowest BCUT2D eigenvalue weighted by molar-refractivity contribution is 0.406. The van der Waals surface area contributed by atoms with Gasteiger partial charge in [-0.25, -0.2) is 0 Å². The van der Waals surface area contributed by atoms with E-state index in [4.69, 9.17) is 5.73 Å². The van der Waals surface area contributed by atoms with Crippen molar-refractivity contribution >= 4 is 5.69 Å². The van der Waals surface area contributed by atoms with Gasteiger partial charge in [-0.05, 0) is 19.4 Å². The molecule has 0 bridgehead atoms. The average Bonchev–Trinajstić information content (AvgIpc) is 2.53. The fraction of sp³-hybridized carbons (Fsp3) is 0.625. The zero-order valence-electron chi connectivity index (χ0n) is 7.01. The van der Waals surface area contributed by atoms with Crippen LogP contribution in [0.4, 0.5) is 5.69 Å². The number of H-pyrrole nitrogens is 1. The molecule has 2 rings (SSSR count). The molecule has 1 fully saturated rings. The highest BCUT2D eigenvalue weighted by molar-refractivity contribution is 5.41. The molecule has 0 aromatic carbocycles. The van der Waals surface area contributed by atoms with Gasteiger partial charge in [-0.15, -0.1) is 0 Å². The van der Waals surface area contributed by atoms with Gasteiger partial charge in [0.05, 0.1) is 23.6 Å². The van der Waals surface area contributed by atoms with E-state index in [0.717, 1.165) is 24.3 Å². The second-order valence-corrected chi connectivity index (χ2v) is 3.24. The van der Waals surface area contributed by atoms with Crippen LogP contribution in [-0.4, -0.2) is 16.7 Å². The number of rotatable bonds is 1. The molecule has 1 aliphatic rings. The summed E-state index contributed by atoms with van der Waals surface area (Å²) in [7, 11) is 0. The molecule has 4 heteroatoms. The average molecular weight is 166 g/mol. The van der Waals surface area contributed by atoms with Crippen molar-refractivity contribution in [2.24, 2.45) is 0 Å². The van der Waals surface area contributed by atoms with E-state index in [1.54, 1.807) is 6.20 Å². The van der Waals surface area contributed by atoms with Gasteiger partial charge >= 0.3 is 0 Å². The minimum absolute atomic E-state index is 0.390. The molecule has 0 spiro atoms. The van der Waals surface area contributed by atoms with Gasteiger partial charge in [-0.1, -0.05) is 6.42 Å². The Morgan fingerprint density at radius 3 is 3.00 bits per heavy atom. The first-order chi connectivity index (χ1) is 5.88. The topological polar surface area (TPSA) is 66.7 Å². The van der Waals surface area contributed by atoms with E-state index in [-0.39, 0.29) is 0 Å². The maximum Gasteiger partial charge on any atom is 0.0750 e. The molecule has 1 aliphatic heterocycles. The second-order valence-electron chi connectivity index (χ2n) is 3.24. The van der Waals surface area contributed by atoms with Gasteiger partial charge < -0.3 is 11.1 Å². The van der Waals surface area contributed by atoms with E-state index in [9.17, 15) is 0 Å². The first-order valence-corrected chi connectivity index (χ1v) is 4.40. The minimum Gasteiger partial charge on any atom is -0.396 e. The number of nitrogens with two attached hydrogens (primary N) is 1. The molecule has 0 radical (unpaired) electrons. The molecule has 1 aromatic heterocycles. The molecule has 1 aromatic rings. The van der Waals surface area contributed by atoms with E-state index in [1.165, 1.54) is 12.8 Å². The summed E-state index contributed by atoms with van der Waals surface area (Å²) in [6.45, 7) is 1.09. The normalized spacial score (nSPS) is 24.2. The lowest BCUT2D eigenvalue weighted by atomic mass is 10.0. The van der Waals surface area contributed by atoms with Gasteiger partial charge in [0.25, 0.3) is 0 Å². The maximum atomic E-state index is 5.74. The van der Waals surface area contributed by atoms with E-state index in [2.05, 4.69) is 15.5 Å². The molecular weight excluding hydrogens is 152 g/mol. The molecule has 4 nitrogen and oxygen atoms in total. The molecule has 0 aliphatic carbocycles. The van der Waals surface area contributed by atoms with Gasteiger partial charge in [0.15, 0.2) is 0 Å². The van der Waals surface area contributed by atoms with Crippen LogP contribution >= 0.6 is 0 Å². The number of aromatic nitrogens is 2. The summed E-state index contributed by atoms with van der Waals surface area (Å²) in [6, 6.07) is 0.390. The van der Waals surface area contributed by atoms with E-state index >= 15 is 0 Å². The number of anilines is 1. The van der Waals surface area contributed by atoms with Crippen molar-refractivity contribution in [3.8, 4) is 0 Å². The Bertz CT molecular complexity index is 249. The molecule has 1 saturated heterocycles. The number of nitrogen functional groups attached to an aromatic ring is 1. The van der Waals surface area contributed by atoms with Crippen LogP contribution in [0.25, 0.3) is 0 Å². The molecule has 0 saturated carbocycles. The fourth-order valence-electron chi connectivity index (χ4n) is 1.68. The largest absolute Gasteiger partial charge is 0.396 e. The smallest absolute Gasteiger partial charge is 0.0750 e. The number of nitrogens with one attached hydrogen (secondary N) is 2. The summed E-state index contributed by atoms with van der Waals surface area (Å²) in [6.07, 6.45) is 5.37. The summed E-state index contributed by atoms with van der Waals surface area (Å²) in [4.78, 5) is 0. The molecule has 0 amide bonds. The molecule has 1 unspecified atom stereocenters. The van der Waals surface area contributed by atoms with Gasteiger partial charge in [0.1, 0.15) is 0 Å². The zero-order chi connectivity index (χ0) is 8.39. The van der Waals surface area contributed by atoms with Crippen molar-refractivity contribution < 1.29 is 0 Å². The van der Waals surface area contributed by atoms with Crippen LogP contribution in [0.15, 0.2) is 6.20 Å².